The van der Waals surface area contributed by atoms with Crippen molar-refractivity contribution in [3.8, 4) is 0 Å². The average molecular weight is 1730 g/mol. The molecule has 2 fully saturated rings. The Morgan fingerprint density at radius 1 is 0.472 bits per heavy atom. The van der Waals surface area contributed by atoms with E-state index in [1.54, 1.807) is 54.7 Å². The third-order valence-electron chi connectivity index (χ3n) is 18.9. The summed E-state index contributed by atoms with van der Waals surface area (Å²) in [5, 5.41) is 82.0. The van der Waals surface area contributed by atoms with E-state index >= 15 is 0 Å². The fourth-order valence-electron chi connectivity index (χ4n) is 12.6. The monoisotopic (exact) mass is 1730 g/mol. The molecular weight excluding hydrogens is 1610 g/mol. The molecule has 123 heavy (non-hydrogen) atoms. The van der Waals surface area contributed by atoms with E-state index in [0.717, 1.165) is 5.56 Å². The Bertz CT molecular complexity index is 3890. The molecule has 3 aromatic rings. The maximum atomic E-state index is 14.3. The van der Waals surface area contributed by atoms with Gasteiger partial charge >= 0.3 is 11.9 Å². The number of aryl methyl sites for hydroxylation is 1. The van der Waals surface area contributed by atoms with Crippen LogP contribution in [0.3, 0.4) is 0 Å². The van der Waals surface area contributed by atoms with Crippen LogP contribution in [0, 0.1) is 10.8 Å². The molecule has 5 rings (SSSR count). The molecule has 0 aliphatic carbocycles. The first kappa shape index (κ1) is 101. The molecule has 2 aromatic carbocycles. The van der Waals surface area contributed by atoms with Crippen LogP contribution in [0.4, 0.5) is 4.39 Å². The number of hydrogen-bond acceptors (Lipinski definition) is 24. The van der Waals surface area contributed by atoms with E-state index < -0.39 is 164 Å². The van der Waals surface area contributed by atoms with Crippen LogP contribution in [0.15, 0.2) is 66.9 Å². The normalized spacial score (nSPS) is 19.0. The summed E-state index contributed by atoms with van der Waals surface area (Å²) in [7, 11) is 0. The summed E-state index contributed by atoms with van der Waals surface area (Å²) < 4.78 is 36.3. The lowest BCUT2D eigenvalue weighted by Gasteiger charge is -2.26. The molecule has 8 atom stereocenters. The Labute approximate surface area is 710 Å². The van der Waals surface area contributed by atoms with Crippen LogP contribution >= 0.6 is 0 Å². The van der Waals surface area contributed by atoms with E-state index in [4.69, 9.17) is 41.2 Å². The molecule has 23 N–H and O–H groups in total. The number of carboxylic acid groups (broad SMARTS) is 2. The number of benzene rings is 2. The second kappa shape index (κ2) is 58.8. The largest absolute Gasteiger partial charge is 0.481 e. The highest BCUT2D eigenvalue weighted by Gasteiger charge is 2.35. The van der Waals surface area contributed by atoms with Crippen molar-refractivity contribution in [2.75, 3.05) is 125 Å². The minimum Gasteiger partial charge on any atom is -0.481 e. The van der Waals surface area contributed by atoms with Crippen LogP contribution in [0.25, 0.3) is 0 Å². The SMILES string of the molecule is N=C(N)NCCC[C@@H]1NC(=O)[C@H](CCCCNC(=O)CCN(CCC(=O)NCCCC[C@@H]2NC(=O)[C@@H](Cc3ccccc3)NC(=O)[C@H](CC(=O)O)NC(=O)CNC(=O)[C@H](CCCNC(=N)N)NC2=O)C(=O)CCOCCOCCOCCOCCNC(=O)Cn2cc(CCCF)nn2)NC[C@@H](Cc2ccccc2)NC(=O)[C@H](CC(=O)O)NC(=O)CNC1=O. The number of unbranched alkanes of at least 4 members (excludes halogenated alkanes) is 2. The molecule has 2 aliphatic rings. The van der Waals surface area contributed by atoms with Crippen molar-refractivity contribution >= 4 is 101 Å². The number of carboxylic acids is 2. The number of aliphatic carboxylic acids is 2. The van der Waals surface area contributed by atoms with Crippen molar-refractivity contribution < 1.29 is 105 Å². The third-order valence-corrected chi connectivity index (χ3v) is 18.9. The van der Waals surface area contributed by atoms with Gasteiger partial charge in [-0.1, -0.05) is 65.9 Å². The molecule has 44 nitrogen and oxygen atoms in total. The first-order chi connectivity index (χ1) is 59.1. The van der Waals surface area contributed by atoms with Crippen molar-refractivity contribution in [2.45, 2.75) is 177 Å². The van der Waals surface area contributed by atoms with Gasteiger partial charge in [0.2, 0.25) is 76.8 Å². The fourth-order valence-corrected chi connectivity index (χ4v) is 12.6. The number of alkyl halides is 1. The number of nitrogens with zero attached hydrogens (tertiary/aromatic N) is 4. The standard InChI is InChI=1S/C78H120FN23O21/c79-26-11-18-53-49-102(100-99-53)50-66(107)86-31-35-121-37-39-123-41-40-122-38-36-120-34-25-67(108)101(32-23-62(103)84-27-9-7-19-55-72(115)95-56(21-12-29-87-77(80)81)70(113)90-47-64(105)93-60(44-68(109)110)74(117)92-54(46-89-55)42-51-14-3-1-4-15-51)33-24-63(104)85-28-10-8-20-58-73(116)96-57(22-13-30-88-78(82)83)71(114)91-48-65(106)94-61(45-69(111)112)76(119)98-59(75(118)97-58)43-52-16-5-2-6-17-52/h1-6,14-17,49,54-61,89H,7-13,18-48,50H2,(H,84,103)(H,85,104)(H,86,107)(H,90,113)(H,91,114)(H,92,117)(H,93,105)(H,94,106)(H,95,115)(H,96,116)(H,97,118)(H,98,119)(H,109,110)(H,111,112)(H4,80,81,87)(H4,82,83,88)/t54-,55+,56+,57+,58+,59-,60+,61+/m1/s1. The minimum atomic E-state index is -1.70. The van der Waals surface area contributed by atoms with Gasteiger partial charge < -0.3 is 125 Å². The maximum Gasteiger partial charge on any atom is 0.305 e. The molecule has 3 heterocycles. The number of nitrogens with one attached hydrogen (secondary N) is 17. The highest BCUT2D eigenvalue weighted by Crippen LogP contribution is 2.13. The first-order valence-electron chi connectivity index (χ1n) is 41.0. The average Bonchev–Trinajstić information content (AvgIpc) is 1.83. The number of hydrogen-bond donors (Lipinski definition) is 21. The first-order valence-corrected chi connectivity index (χ1v) is 41.0. The van der Waals surface area contributed by atoms with Crippen LogP contribution in [0.1, 0.15) is 120 Å². The van der Waals surface area contributed by atoms with E-state index in [0.29, 0.717) is 36.9 Å². The Morgan fingerprint density at radius 2 is 0.894 bits per heavy atom. The van der Waals surface area contributed by atoms with Crippen molar-refractivity contribution in [3.05, 3.63) is 83.7 Å². The summed E-state index contributed by atoms with van der Waals surface area (Å²) in [5.74, 6) is -12.9. The van der Waals surface area contributed by atoms with E-state index in [1.165, 1.54) is 9.58 Å². The number of carbonyl (C=O) groups is 15. The van der Waals surface area contributed by atoms with Gasteiger partial charge in [-0.2, -0.15) is 0 Å². The lowest BCUT2D eigenvalue weighted by Crippen LogP contribution is -2.58. The zero-order valence-corrected chi connectivity index (χ0v) is 69.0. The number of nitrogens with two attached hydrogens (primary N) is 2. The summed E-state index contributed by atoms with van der Waals surface area (Å²) in [4.78, 5) is 203. The van der Waals surface area contributed by atoms with Crippen LogP contribution in [0.2, 0.25) is 0 Å². The predicted molar refractivity (Wildman–Crippen MR) is 439 cm³/mol. The minimum absolute atomic E-state index is 0.0226. The Morgan fingerprint density at radius 3 is 1.40 bits per heavy atom. The van der Waals surface area contributed by atoms with Gasteiger partial charge in [0.15, 0.2) is 11.9 Å². The second-order valence-electron chi connectivity index (χ2n) is 28.9. The third kappa shape index (κ3) is 44.3. The lowest BCUT2D eigenvalue weighted by molar-refractivity contribution is -0.141. The lowest BCUT2D eigenvalue weighted by atomic mass is 10.0. The van der Waals surface area contributed by atoms with Gasteiger partial charge in [-0.05, 0) is 94.6 Å². The predicted octanol–water partition coefficient (Wildman–Crippen LogP) is -5.49. The number of guanidine groups is 2. The van der Waals surface area contributed by atoms with Gasteiger partial charge in [-0.15, -0.1) is 5.10 Å². The molecule has 2 aliphatic heterocycles. The summed E-state index contributed by atoms with van der Waals surface area (Å²) >= 11 is 0. The zero-order valence-electron chi connectivity index (χ0n) is 69.0. The second-order valence-corrected chi connectivity index (χ2v) is 28.9. The molecule has 13 amide bonds. The molecule has 680 valence electrons. The number of ether oxygens (including phenoxy) is 4. The van der Waals surface area contributed by atoms with E-state index in [2.05, 4.69) is 90.1 Å². The molecule has 45 heteroatoms. The molecule has 0 bridgehead atoms. The smallest absolute Gasteiger partial charge is 0.305 e. The molecular formula is C78H120FN23O21. The highest BCUT2D eigenvalue weighted by atomic mass is 19.1. The Hall–Kier alpha value is -12.1. The quantitative estimate of drug-likeness (QED) is 0.0142. The number of halogens is 1. The van der Waals surface area contributed by atoms with Gasteiger partial charge in [0.05, 0.1) is 104 Å². The van der Waals surface area contributed by atoms with Gasteiger partial charge in [0, 0.05) is 83.9 Å². The molecule has 2 saturated heterocycles. The van der Waals surface area contributed by atoms with Gasteiger partial charge in [0.25, 0.3) is 0 Å². The van der Waals surface area contributed by atoms with Crippen molar-refractivity contribution in [3.63, 3.8) is 0 Å². The Balaban J connectivity index is 1.22. The number of amides is 13. The fraction of sp³-hybridized carbons (Fsp3) is 0.603. The van der Waals surface area contributed by atoms with E-state index in [9.17, 15) is 86.5 Å². The molecule has 0 unspecified atom stereocenters. The van der Waals surface area contributed by atoms with E-state index in [1.807, 2.05) is 12.1 Å². The summed E-state index contributed by atoms with van der Waals surface area (Å²) in [6.45, 7) is -0.337. The van der Waals surface area contributed by atoms with Crippen LogP contribution in [-0.4, -0.2) is 304 Å². The highest BCUT2D eigenvalue weighted by molar-refractivity contribution is 5.99. The maximum absolute atomic E-state index is 14.3. The van der Waals surface area contributed by atoms with Crippen LogP contribution in [0.5, 0.6) is 0 Å². The van der Waals surface area contributed by atoms with Gasteiger partial charge in [0.1, 0.15) is 42.8 Å². The number of aromatic nitrogens is 3. The topological polar surface area (TPSA) is 648 Å². The number of carbonyl (C=O) groups excluding carboxylic acids is 13. The van der Waals surface area contributed by atoms with Gasteiger partial charge in [-0.3, -0.25) is 87.1 Å². The summed E-state index contributed by atoms with van der Waals surface area (Å²) in [5.41, 5.74) is 12.8. The van der Waals surface area contributed by atoms with Crippen LogP contribution in [-0.2, 0) is 117 Å². The summed E-state index contributed by atoms with van der Waals surface area (Å²) in [6, 6.07) is 7.01. The zero-order chi connectivity index (χ0) is 89.5. The van der Waals surface area contributed by atoms with Crippen LogP contribution < -0.4 is 91.2 Å². The molecule has 0 radical (unpaired) electrons. The Kier molecular flexibility index (Phi) is 48.5. The van der Waals surface area contributed by atoms with E-state index in [-0.39, 0.29) is 213 Å². The molecule has 0 spiro atoms. The van der Waals surface area contributed by atoms with Crippen molar-refractivity contribution in [1.82, 2.24) is 99.6 Å². The molecule has 1 aromatic heterocycles. The number of rotatable bonds is 52. The molecule has 0 saturated carbocycles. The van der Waals surface area contributed by atoms with Crippen molar-refractivity contribution in [2.24, 2.45) is 11.5 Å². The van der Waals surface area contributed by atoms with Gasteiger partial charge in [-0.25, -0.2) is 4.68 Å². The van der Waals surface area contributed by atoms with Crippen molar-refractivity contribution in [1.29, 1.82) is 10.8 Å². The summed E-state index contributed by atoms with van der Waals surface area (Å²) in [6.07, 6.45) is 1.44.